The Morgan fingerprint density at radius 3 is 2.37 bits per heavy atom. The van der Waals surface area contributed by atoms with Gasteiger partial charge in [-0.1, -0.05) is 29.8 Å². The van der Waals surface area contributed by atoms with Gasteiger partial charge in [0, 0.05) is 18.4 Å². The highest BCUT2D eigenvalue weighted by Gasteiger charge is 2.24. The zero-order valence-electron chi connectivity index (χ0n) is 12.1. The predicted molar refractivity (Wildman–Crippen MR) is 80.0 cm³/mol. The molecule has 0 aliphatic heterocycles. The van der Waals surface area contributed by atoms with Crippen molar-refractivity contribution in [3.8, 4) is 0 Å². The van der Waals surface area contributed by atoms with E-state index in [1.54, 1.807) is 25.6 Å². The molecule has 0 fully saturated rings. The molecule has 1 heterocycles. The van der Waals surface area contributed by atoms with Crippen LogP contribution >= 0.6 is 15.9 Å². The number of rotatable bonds is 6. The molecule has 1 atom stereocenters. The fraction of sp³-hybridized carbons (Fsp3) is 0.750. The number of aryl methyl sites for hydroxylation is 2. The van der Waals surface area contributed by atoms with E-state index >= 15 is 0 Å². The molecule has 0 aromatic carbocycles. The van der Waals surface area contributed by atoms with E-state index in [1.165, 1.54) is 0 Å². The van der Waals surface area contributed by atoms with Crippen molar-refractivity contribution in [1.29, 1.82) is 0 Å². The Hall–Kier alpha value is -0.400. The van der Waals surface area contributed by atoms with Gasteiger partial charge in [-0.25, -0.2) is 13.1 Å². The molecule has 0 spiro atoms. The minimum Gasteiger partial charge on any atom is -0.271 e. The molecule has 0 aliphatic rings. The van der Waals surface area contributed by atoms with E-state index in [1.807, 2.05) is 0 Å². The Morgan fingerprint density at radius 2 is 1.95 bits per heavy atom. The van der Waals surface area contributed by atoms with Crippen LogP contribution in [0, 0.1) is 19.8 Å². The maximum absolute atomic E-state index is 12.3. The summed E-state index contributed by atoms with van der Waals surface area (Å²) >= 11 is 3.50. The van der Waals surface area contributed by atoms with Crippen LogP contribution in [-0.2, 0) is 17.1 Å². The Bertz CT molecular complexity index is 537. The van der Waals surface area contributed by atoms with E-state index < -0.39 is 10.0 Å². The van der Waals surface area contributed by atoms with E-state index in [2.05, 4.69) is 39.6 Å². The Labute approximate surface area is 124 Å². The second-order valence-electron chi connectivity index (χ2n) is 5.20. The summed E-state index contributed by atoms with van der Waals surface area (Å²) in [6.07, 6.45) is 0.924. The van der Waals surface area contributed by atoms with Gasteiger partial charge >= 0.3 is 0 Å². The largest absolute Gasteiger partial charge is 0.271 e. The van der Waals surface area contributed by atoms with Crippen LogP contribution in [0.5, 0.6) is 0 Å². The summed E-state index contributed by atoms with van der Waals surface area (Å²) < 4.78 is 28.8. The highest BCUT2D eigenvalue weighted by atomic mass is 79.9. The number of sulfonamides is 1. The highest BCUT2D eigenvalue weighted by molar-refractivity contribution is 9.09. The molecule has 19 heavy (non-hydrogen) atoms. The number of hydrogen-bond donors (Lipinski definition) is 1. The Balaban J connectivity index is 2.82. The normalized spacial score (nSPS) is 14.1. The molecule has 110 valence electrons. The van der Waals surface area contributed by atoms with Crippen LogP contribution in [0.1, 0.15) is 31.7 Å². The standard InChI is InChI=1S/C12H22BrN3O2S/c1-8(2)6-11(13)7-14-19(17,18)12-9(3)15-16(5)10(12)4/h8,11,14H,6-7H2,1-5H3. The monoisotopic (exact) mass is 351 g/mol. The molecule has 5 nitrogen and oxygen atoms in total. The quantitative estimate of drug-likeness (QED) is 0.798. The summed E-state index contributed by atoms with van der Waals surface area (Å²) in [6, 6.07) is 0. The van der Waals surface area contributed by atoms with Crippen LogP contribution in [0.4, 0.5) is 0 Å². The second-order valence-corrected chi connectivity index (χ2v) is 8.20. The summed E-state index contributed by atoms with van der Waals surface area (Å²) in [5, 5.41) is 4.14. The maximum atomic E-state index is 12.3. The zero-order chi connectivity index (χ0) is 14.8. The average Bonchev–Trinajstić information content (AvgIpc) is 2.50. The first-order valence-corrected chi connectivity index (χ1v) is 8.69. The summed E-state index contributed by atoms with van der Waals surface area (Å²) in [7, 11) is -1.75. The van der Waals surface area contributed by atoms with Gasteiger partial charge in [-0.3, -0.25) is 4.68 Å². The lowest BCUT2D eigenvalue weighted by Crippen LogP contribution is -2.31. The molecule has 0 bridgehead atoms. The van der Waals surface area contributed by atoms with E-state index in [0.717, 1.165) is 6.42 Å². The van der Waals surface area contributed by atoms with Gasteiger partial charge in [0.2, 0.25) is 10.0 Å². The predicted octanol–water partition coefficient (Wildman–Crippen LogP) is 2.12. The fourth-order valence-corrected chi connectivity index (χ4v) is 4.65. The highest BCUT2D eigenvalue weighted by Crippen LogP contribution is 2.19. The molecular weight excluding hydrogens is 330 g/mol. The smallest absolute Gasteiger partial charge is 0.244 e. The van der Waals surface area contributed by atoms with Crippen LogP contribution in [-0.4, -0.2) is 29.6 Å². The van der Waals surface area contributed by atoms with Crippen LogP contribution in [0.25, 0.3) is 0 Å². The van der Waals surface area contributed by atoms with Crippen molar-refractivity contribution in [2.24, 2.45) is 13.0 Å². The first kappa shape index (κ1) is 16.7. The molecule has 0 amide bonds. The summed E-state index contributed by atoms with van der Waals surface area (Å²) in [6.45, 7) is 8.07. The van der Waals surface area contributed by atoms with Gasteiger partial charge < -0.3 is 0 Å². The molecule has 0 saturated heterocycles. The number of nitrogens with one attached hydrogen (secondary N) is 1. The number of aromatic nitrogens is 2. The first-order chi connectivity index (χ1) is 8.65. The van der Waals surface area contributed by atoms with Crippen molar-refractivity contribution in [2.45, 2.75) is 43.8 Å². The molecule has 1 aromatic rings. The SMILES string of the molecule is Cc1nn(C)c(C)c1S(=O)(=O)NCC(Br)CC(C)C. The molecule has 1 unspecified atom stereocenters. The van der Waals surface area contributed by atoms with Gasteiger partial charge in [0.15, 0.2) is 0 Å². The van der Waals surface area contributed by atoms with Gasteiger partial charge in [0.1, 0.15) is 4.90 Å². The van der Waals surface area contributed by atoms with Gasteiger partial charge in [-0.2, -0.15) is 5.10 Å². The number of hydrogen-bond acceptors (Lipinski definition) is 3. The molecule has 0 saturated carbocycles. The lowest BCUT2D eigenvalue weighted by Gasteiger charge is -2.13. The molecule has 7 heteroatoms. The van der Waals surface area contributed by atoms with Crippen LogP contribution < -0.4 is 4.72 Å². The van der Waals surface area contributed by atoms with Crippen molar-refractivity contribution in [3.05, 3.63) is 11.4 Å². The molecule has 1 rings (SSSR count). The molecule has 1 aromatic heterocycles. The maximum Gasteiger partial charge on any atom is 0.244 e. The Morgan fingerprint density at radius 1 is 1.37 bits per heavy atom. The first-order valence-electron chi connectivity index (χ1n) is 6.29. The number of nitrogens with zero attached hydrogens (tertiary/aromatic N) is 2. The lowest BCUT2D eigenvalue weighted by molar-refractivity contribution is 0.550. The Kier molecular flexibility index (Phi) is 5.58. The minimum atomic E-state index is -3.49. The number of halogens is 1. The molecule has 1 N–H and O–H groups in total. The number of alkyl halides is 1. The third kappa shape index (κ3) is 4.29. The summed E-state index contributed by atoms with van der Waals surface area (Å²) in [4.78, 5) is 0.429. The summed E-state index contributed by atoms with van der Waals surface area (Å²) in [5.41, 5.74) is 1.18. The molecular formula is C12H22BrN3O2S. The molecule has 0 aliphatic carbocycles. The van der Waals surface area contributed by atoms with E-state index in [0.29, 0.717) is 28.7 Å². The minimum absolute atomic E-state index is 0.138. The van der Waals surface area contributed by atoms with E-state index in [9.17, 15) is 8.42 Å². The van der Waals surface area contributed by atoms with Gasteiger partial charge in [-0.05, 0) is 26.2 Å². The van der Waals surface area contributed by atoms with Crippen molar-refractivity contribution in [2.75, 3.05) is 6.54 Å². The summed E-state index contributed by atoms with van der Waals surface area (Å²) in [5.74, 6) is 0.524. The van der Waals surface area contributed by atoms with E-state index in [4.69, 9.17) is 0 Å². The average molecular weight is 352 g/mol. The topological polar surface area (TPSA) is 64.0 Å². The van der Waals surface area contributed by atoms with Gasteiger partial charge in [0.05, 0.1) is 11.4 Å². The third-order valence-electron chi connectivity index (χ3n) is 2.93. The van der Waals surface area contributed by atoms with Crippen LogP contribution in [0.15, 0.2) is 4.90 Å². The van der Waals surface area contributed by atoms with Crippen LogP contribution in [0.2, 0.25) is 0 Å². The van der Waals surface area contributed by atoms with Gasteiger partial charge in [0.25, 0.3) is 0 Å². The second kappa shape index (κ2) is 6.37. The molecule has 0 radical (unpaired) electrons. The van der Waals surface area contributed by atoms with Crippen LogP contribution in [0.3, 0.4) is 0 Å². The van der Waals surface area contributed by atoms with E-state index in [-0.39, 0.29) is 4.83 Å². The van der Waals surface area contributed by atoms with Crippen molar-refractivity contribution >= 4 is 26.0 Å². The van der Waals surface area contributed by atoms with Gasteiger partial charge in [-0.15, -0.1) is 0 Å². The van der Waals surface area contributed by atoms with Crippen molar-refractivity contribution < 1.29 is 8.42 Å². The third-order valence-corrected chi connectivity index (χ3v) is 5.31. The van der Waals surface area contributed by atoms with Crippen molar-refractivity contribution in [3.63, 3.8) is 0 Å². The lowest BCUT2D eigenvalue weighted by atomic mass is 10.1. The fourth-order valence-electron chi connectivity index (χ4n) is 2.01. The zero-order valence-corrected chi connectivity index (χ0v) is 14.5. The van der Waals surface area contributed by atoms with Crippen molar-refractivity contribution in [1.82, 2.24) is 14.5 Å².